The molecule has 0 radical (unpaired) electrons. The lowest BCUT2D eigenvalue weighted by molar-refractivity contribution is 0.0561. The van der Waals surface area contributed by atoms with Crippen molar-refractivity contribution in [3.8, 4) is 0 Å². The summed E-state index contributed by atoms with van der Waals surface area (Å²) >= 11 is 0. The van der Waals surface area contributed by atoms with Gasteiger partial charge in [0.15, 0.2) is 0 Å². The molecular formula is C15H27N3O. The molecule has 0 atom stereocenters. The standard InChI is InChI=1S/C15H27N3O/c1-15(2,3)18-9-7-17(8-10-18)12-14-6-5-13(19-14)11-16-4/h5-6,16H,7-12H2,1-4H3. The first-order chi connectivity index (χ1) is 8.99. The van der Waals surface area contributed by atoms with E-state index in [1.54, 1.807) is 0 Å². The van der Waals surface area contributed by atoms with Crippen LogP contribution in [0.5, 0.6) is 0 Å². The van der Waals surface area contributed by atoms with Gasteiger partial charge in [-0.2, -0.15) is 0 Å². The number of furan rings is 1. The molecule has 0 spiro atoms. The summed E-state index contributed by atoms with van der Waals surface area (Å²) in [5.74, 6) is 2.10. The summed E-state index contributed by atoms with van der Waals surface area (Å²) < 4.78 is 5.80. The molecule has 2 rings (SSSR count). The van der Waals surface area contributed by atoms with Crippen molar-refractivity contribution in [2.45, 2.75) is 39.4 Å². The van der Waals surface area contributed by atoms with Crippen LogP contribution < -0.4 is 5.32 Å². The van der Waals surface area contributed by atoms with Crippen LogP contribution in [0.15, 0.2) is 16.5 Å². The summed E-state index contributed by atoms with van der Waals surface area (Å²) in [6, 6.07) is 4.17. The molecule has 0 aliphatic carbocycles. The summed E-state index contributed by atoms with van der Waals surface area (Å²) in [7, 11) is 1.94. The Morgan fingerprint density at radius 3 is 2.32 bits per heavy atom. The Hall–Kier alpha value is -0.840. The van der Waals surface area contributed by atoms with Gasteiger partial charge >= 0.3 is 0 Å². The summed E-state index contributed by atoms with van der Waals surface area (Å²) in [4.78, 5) is 5.03. The van der Waals surface area contributed by atoms with Crippen molar-refractivity contribution < 1.29 is 4.42 Å². The highest BCUT2D eigenvalue weighted by atomic mass is 16.3. The summed E-state index contributed by atoms with van der Waals surface area (Å²) in [5, 5.41) is 3.11. The number of rotatable bonds is 4. The van der Waals surface area contributed by atoms with Gasteiger partial charge in [0.1, 0.15) is 11.5 Å². The van der Waals surface area contributed by atoms with Crippen LogP contribution in [0.3, 0.4) is 0 Å². The second-order valence-corrected chi connectivity index (χ2v) is 6.33. The lowest BCUT2D eigenvalue weighted by Gasteiger charge is -2.42. The van der Waals surface area contributed by atoms with Gasteiger partial charge in [-0.3, -0.25) is 9.80 Å². The van der Waals surface area contributed by atoms with Gasteiger partial charge in [0, 0.05) is 31.7 Å². The smallest absolute Gasteiger partial charge is 0.118 e. The molecule has 4 heteroatoms. The van der Waals surface area contributed by atoms with Gasteiger partial charge in [-0.25, -0.2) is 0 Å². The summed E-state index contributed by atoms with van der Waals surface area (Å²) in [6.07, 6.45) is 0. The minimum absolute atomic E-state index is 0.288. The second-order valence-electron chi connectivity index (χ2n) is 6.33. The number of hydrogen-bond acceptors (Lipinski definition) is 4. The topological polar surface area (TPSA) is 31.6 Å². The highest BCUT2D eigenvalue weighted by Crippen LogP contribution is 2.17. The Labute approximate surface area is 116 Å². The molecule has 2 heterocycles. The molecule has 1 aromatic heterocycles. The third-order valence-electron chi connectivity index (χ3n) is 3.77. The summed E-state index contributed by atoms with van der Waals surface area (Å²) in [6.45, 7) is 13.1. The lowest BCUT2D eigenvalue weighted by atomic mass is 10.1. The Balaban J connectivity index is 1.82. The molecular weight excluding hydrogens is 238 g/mol. The second kappa shape index (κ2) is 6.07. The van der Waals surface area contributed by atoms with Crippen molar-refractivity contribution in [3.63, 3.8) is 0 Å². The van der Waals surface area contributed by atoms with E-state index in [0.717, 1.165) is 50.8 Å². The number of hydrogen-bond donors (Lipinski definition) is 1. The Morgan fingerprint density at radius 2 is 1.74 bits per heavy atom. The fourth-order valence-corrected chi connectivity index (χ4v) is 2.57. The van der Waals surface area contributed by atoms with Crippen LogP contribution in [-0.2, 0) is 13.1 Å². The van der Waals surface area contributed by atoms with Crippen molar-refractivity contribution in [1.82, 2.24) is 15.1 Å². The molecule has 1 fully saturated rings. The average molecular weight is 265 g/mol. The van der Waals surface area contributed by atoms with E-state index >= 15 is 0 Å². The maximum Gasteiger partial charge on any atom is 0.118 e. The highest BCUT2D eigenvalue weighted by Gasteiger charge is 2.25. The van der Waals surface area contributed by atoms with Gasteiger partial charge in [0.2, 0.25) is 0 Å². The van der Waals surface area contributed by atoms with Crippen molar-refractivity contribution in [2.75, 3.05) is 33.2 Å². The Kier molecular flexibility index (Phi) is 4.66. The maximum atomic E-state index is 5.80. The third kappa shape index (κ3) is 4.06. The zero-order valence-electron chi connectivity index (χ0n) is 12.7. The molecule has 0 aromatic carbocycles. The van der Waals surface area contributed by atoms with Crippen molar-refractivity contribution in [1.29, 1.82) is 0 Å². The van der Waals surface area contributed by atoms with Crippen LogP contribution in [0, 0.1) is 0 Å². The molecule has 0 unspecified atom stereocenters. The van der Waals surface area contributed by atoms with E-state index in [4.69, 9.17) is 4.42 Å². The van der Waals surface area contributed by atoms with Gasteiger partial charge in [0.05, 0.1) is 13.1 Å². The third-order valence-corrected chi connectivity index (χ3v) is 3.77. The van der Waals surface area contributed by atoms with Crippen LogP contribution >= 0.6 is 0 Å². The molecule has 1 aromatic rings. The quantitative estimate of drug-likeness (QED) is 0.901. The predicted molar refractivity (Wildman–Crippen MR) is 78.1 cm³/mol. The lowest BCUT2D eigenvalue weighted by Crippen LogP contribution is -2.53. The van der Waals surface area contributed by atoms with E-state index in [2.05, 4.69) is 48.0 Å². The molecule has 1 saturated heterocycles. The normalized spacial score (nSPS) is 18.9. The van der Waals surface area contributed by atoms with Crippen molar-refractivity contribution in [2.24, 2.45) is 0 Å². The minimum Gasteiger partial charge on any atom is -0.463 e. The molecule has 0 saturated carbocycles. The van der Waals surface area contributed by atoms with Crippen molar-refractivity contribution >= 4 is 0 Å². The van der Waals surface area contributed by atoms with Crippen LogP contribution in [-0.4, -0.2) is 48.6 Å². The average Bonchev–Trinajstić information content (AvgIpc) is 2.77. The number of nitrogens with one attached hydrogen (secondary N) is 1. The highest BCUT2D eigenvalue weighted by molar-refractivity contribution is 5.07. The first kappa shape index (κ1) is 14.6. The summed E-state index contributed by atoms with van der Waals surface area (Å²) in [5.41, 5.74) is 0.288. The molecule has 0 bridgehead atoms. The minimum atomic E-state index is 0.288. The Morgan fingerprint density at radius 1 is 1.11 bits per heavy atom. The van der Waals surface area contributed by atoms with Crippen molar-refractivity contribution in [3.05, 3.63) is 23.7 Å². The van der Waals surface area contributed by atoms with E-state index in [9.17, 15) is 0 Å². The first-order valence-corrected chi connectivity index (χ1v) is 7.18. The van der Waals surface area contributed by atoms with Crippen LogP contribution in [0.1, 0.15) is 32.3 Å². The van der Waals surface area contributed by atoms with Gasteiger partial charge in [-0.05, 0) is 40.0 Å². The van der Waals surface area contributed by atoms with E-state index in [-0.39, 0.29) is 5.54 Å². The molecule has 1 aliphatic rings. The van der Waals surface area contributed by atoms with Crippen LogP contribution in [0.4, 0.5) is 0 Å². The zero-order chi connectivity index (χ0) is 13.9. The van der Waals surface area contributed by atoms with E-state index in [1.807, 2.05) is 7.05 Å². The molecule has 108 valence electrons. The number of piperazine rings is 1. The first-order valence-electron chi connectivity index (χ1n) is 7.18. The monoisotopic (exact) mass is 265 g/mol. The van der Waals surface area contributed by atoms with Crippen LogP contribution in [0.2, 0.25) is 0 Å². The fraction of sp³-hybridized carbons (Fsp3) is 0.733. The maximum absolute atomic E-state index is 5.80. The molecule has 1 N–H and O–H groups in total. The largest absolute Gasteiger partial charge is 0.463 e. The molecule has 0 amide bonds. The molecule has 4 nitrogen and oxygen atoms in total. The van der Waals surface area contributed by atoms with Gasteiger partial charge in [0.25, 0.3) is 0 Å². The molecule has 19 heavy (non-hydrogen) atoms. The SMILES string of the molecule is CNCc1ccc(CN2CCN(C(C)(C)C)CC2)o1. The van der Waals surface area contributed by atoms with E-state index < -0.39 is 0 Å². The van der Waals surface area contributed by atoms with Gasteiger partial charge in [-0.1, -0.05) is 0 Å². The van der Waals surface area contributed by atoms with E-state index in [0.29, 0.717) is 0 Å². The molecule has 1 aliphatic heterocycles. The number of nitrogens with zero attached hydrogens (tertiary/aromatic N) is 2. The van der Waals surface area contributed by atoms with Crippen LogP contribution in [0.25, 0.3) is 0 Å². The Bertz CT molecular complexity index is 386. The van der Waals surface area contributed by atoms with Gasteiger partial charge < -0.3 is 9.73 Å². The van der Waals surface area contributed by atoms with Gasteiger partial charge in [-0.15, -0.1) is 0 Å². The fourth-order valence-electron chi connectivity index (χ4n) is 2.57. The predicted octanol–water partition coefficient (Wildman–Crippen LogP) is 1.92. The van der Waals surface area contributed by atoms with E-state index in [1.165, 1.54) is 0 Å². The zero-order valence-corrected chi connectivity index (χ0v) is 12.7.